The van der Waals surface area contributed by atoms with Crippen molar-refractivity contribution in [3.8, 4) is 0 Å². The topological polar surface area (TPSA) is 89.8 Å². The molecule has 120 valence electrons. The molecule has 1 atom stereocenters. The van der Waals surface area contributed by atoms with Crippen molar-refractivity contribution in [2.75, 3.05) is 5.32 Å². The van der Waals surface area contributed by atoms with Crippen LogP contribution in [-0.4, -0.2) is 33.8 Å². The zero-order chi connectivity index (χ0) is 16.9. The van der Waals surface area contributed by atoms with Crippen molar-refractivity contribution in [1.82, 2.24) is 0 Å². The van der Waals surface area contributed by atoms with Crippen molar-refractivity contribution in [2.45, 2.75) is 25.4 Å². The molecule has 0 bridgehead atoms. The lowest BCUT2D eigenvalue weighted by Gasteiger charge is -2.22. The third kappa shape index (κ3) is 4.92. The summed E-state index contributed by atoms with van der Waals surface area (Å²) in [5.41, 5.74) is 0.453. The number of aliphatic hydroxyl groups is 1. The van der Waals surface area contributed by atoms with Crippen LogP contribution in [0.1, 0.15) is 18.9 Å². The first kappa shape index (κ1) is 17.2. The third-order valence-corrected chi connectivity index (χ3v) is 3.70. The number of para-hydroxylation sites is 1. The molecule has 0 aliphatic carbocycles. The van der Waals surface area contributed by atoms with Gasteiger partial charge in [0.05, 0.1) is 0 Å². The maximum absolute atomic E-state index is 12.2. The second kappa shape index (κ2) is 7.41. The standard InChI is InChI=1S/C17H20BNO4/c1-17(21,16(20)19-15-5-3-2-4-6-15)12-11-13-7-9-14(10-8-13)18(22)23/h2-10,21-23H,11-12H2,1H3,(H,19,20)/t17-/m0/s1. The van der Waals surface area contributed by atoms with Crippen molar-refractivity contribution in [1.29, 1.82) is 0 Å². The van der Waals surface area contributed by atoms with E-state index in [4.69, 9.17) is 10.0 Å². The molecular formula is C17H20BNO4. The fraction of sp³-hybridized carbons (Fsp3) is 0.235. The van der Waals surface area contributed by atoms with Crippen molar-refractivity contribution >= 4 is 24.2 Å². The van der Waals surface area contributed by atoms with E-state index in [0.717, 1.165) is 5.56 Å². The van der Waals surface area contributed by atoms with Crippen molar-refractivity contribution in [2.24, 2.45) is 0 Å². The number of benzene rings is 2. The molecule has 0 fully saturated rings. The van der Waals surface area contributed by atoms with Crippen LogP contribution < -0.4 is 10.8 Å². The normalized spacial score (nSPS) is 13.2. The number of aryl methyl sites for hydroxylation is 1. The molecule has 0 saturated heterocycles. The molecule has 2 aromatic carbocycles. The smallest absolute Gasteiger partial charge is 0.423 e. The number of hydrogen-bond acceptors (Lipinski definition) is 4. The van der Waals surface area contributed by atoms with Crippen LogP contribution in [0.15, 0.2) is 54.6 Å². The monoisotopic (exact) mass is 313 g/mol. The minimum Gasteiger partial charge on any atom is -0.423 e. The van der Waals surface area contributed by atoms with Crippen LogP contribution in [0, 0.1) is 0 Å². The van der Waals surface area contributed by atoms with Gasteiger partial charge >= 0.3 is 7.12 Å². The van der Waals surface area contributed by atoms with E-state index in [1.54, 1.807) is 36.4 Å². The van der Waals surface area contributed by atoms with Crippen LogP contribution in [0.4, 0.5) is 5.69 Å². The molecule has 0 radical (unpaired) electrons. The van der Waals surface area contributed by atoms with Crippen LogP contribution in [0.5, 0.6) is 0 Å². The first-order chi connectivity index (χ1) is 10.9. The highest BCUT2D eigenvalue weighted by Gasteiger charge is 2.29. The Bertz CT molecular complexity index is 641. The van der Waals surface area contributed by atoms with E-state index in [1.807, 2.05) is 18.2 Å². The Balaban J connectivity index is 1.93. The van der Waals surface area contributed by atoms with Gasteiger partial charge in [0.25, 0.3) is 5.91 Å². The van der Waals surface area contributed by atoms with E-state index in [1.165, 1.54) is 6.92 Å². The highest BCUT2D eigenvalue weighted by molar-refractivity contribution is 6.58. The maximum Gasteiger partial charge on any atom is 0.488 e. The quantitative estimate of drug-likeness (QED) is 0.591. The van der Waals surface area contributed by atoms with E-state index < -0.39 is 18.6 Å². The number of hydrogen-bond donors (Lipinski definition) is 4. The Labute approximate surface area is 135 Å². The fourth-order valence-corrected chi connectivity index (χ4v) is 2.14. The zero-order valence-corrected chi connectivity index (χ0v) is 12.9. The first-order valence-electron chi connectivity index (χ1n) is 7.42. The number of carbonyl (C=O) groups excluding carboxylic acids is 1. The Morgan fingerprint density at radius 3 is 2.26 bits per heavy atom. The van der Waals surface area contributed by atoms with E-state index >= 15 is 0 Å². The summed E-state index contributed by atoms with van der Waals surface area (Å²) in [6.45, 7) is 1.48. The number of anilines is 1. The predicted octanol–water partition coefficient (Wildman–Crippen LogP) is 0.689. The van der Waals surface area contributed by atoms with Gasteiger partial charge in [-0.1, -0.05) is 42.5 Å². The van der Waals surface area contributed by atoms with Crippen LogP contribution >= 0.6 is 0 Å². The second-order valence-electron chi connectivity index (χ2n) is 5.71. The molecule has 2 rings (SSSR count). The van der Waals surface area contributed by atoms with Gasteiger partial charge < -0.3 is 20.5 Å². The molecule has 6 heteroatoms. The summed E-state index contributed by atoms with van der Waals surface area (Å²) in [6, 6.07) is 15.7. The fourth-order valence-electron chi connectivity index (χ4n) is 2.14. The lowest BCUT2D eigenvalue weighted by molar-refractivity contribution is -0.132. The Hall–Kier alpha value is -2.15. The summed E-state index contributed by atoms with van der Waals surface area (Å²) in [7, 11) is -1.50. The Morgan fingerprint density at radius 2 is 1.70 bits per heavy atom. The molecule has 0 aliphatic heterocycles. The highest BCUT2D eigenvalue weighted by atomic mass is 16.4. The molecule has 2 aromatic rings. The van der Waals surface area contributed by atoms with Gasteiger partial charge in [0.1, 0.15) is 5.60 Å². The lowest BCUT2D eigenvalue weighted by Crippen LogP contribution is -2.40. The van der Waals surface area contributed by atoms with E-state index in [9.17, 15) is 9.90 Å². The predicted molar refractivity (Wildman–Crippen MR) is 90.3 cm³/mol. The number of rotatable bonds is 6. The second-order valence-corrected chi connectivity index (χ2v) is 5.71. The van der Waals surface area contributed by atoms with Gasteiger partial charge in [-0.25, -0.2) is 0 Å². The number of carbonyl (C=O) groups is 1. The lowest BCUT2D eigenvalue weighted by atomic mass is 9.80. The van der Waals surface area contributed by atoms with Gasteiger partial charge in [0.2, 0.25) is 0 Å². The molecular weight excluding hydrogens is 293 g/mol. The Morgan fingerprint density at radius 1 is 1.09 bits per heavy atom. The average molecular weight is 313 g/mol. The SMILES string of the molecule is C[C@](O)(CCc1ccc(B(O)O)cc1)C(=O)Nc1ccccc1. The molecule has 0 spiro atoms. The highest BCUT2D eigenvalue weighted by Crippen LogP contribution is 2.17. The molecule has 0 aliphatic rings. The summed E-state index contributed by atoms with van der Waals surface area (Å²) >= 11 is 0. The minimum absolute atomic E-state index is 0.257. The summed E-state index contributed by atoms with van der Waals surface area (Å²) in [5, 5.41) is 31.1. The minimum atomic E-state index is -1.50. The van der Waals surface area contributed by atoms with E-state index in [0.29, 0.717) is 17.6 Å². The molecule has 0 aromatic heterocycles. The van der Waals surface area contributed by atoms with Gasteiger partial charge in [0, 0.05) is 5.69 Å². The molecule has 5 nitrogen and oxygen atoms in total. The van der Waals surface area contributed by atoms with Crippen LogP contribution in [0.25, 0.3) is 0 Å². The van der Waals surface area contributed by atoms with Crippen LogP contribution in [0.2, 0.25) is 0 Å². The molecule has 0 heterocycles. The number of nitrogens with one attached hydrogen (secondary N) is 1. The summed E-state index contributed by atoms with van der Waals surface area (Å²) in [4.78, 5) is 12.2. The van der Waals surface area contributed by atoms with Gasteiger partial charge in [-0.15, -0.1) is 0 Å². The van der Waals surface area contributed by atoms with Gasteiger partial charge in [0.15, 0.2) is 0 Å². The van der Waals surface area contributed by atoms with Gasteiger partial charge in [-0.3, -0.25) is 4.79 Å². The van der Waals surface area contributed by atoms with Crippen molar-refractivity contribution < 1.29 is 19.9 Å². The largest absolute Gasteiger partial charge is 0.488 e. The van der Waals surface area contributed by atoms with Crippen LogP contribution in [-0.2, 0) is 11.2 Å². The third-order valence-electron chi connectivity index (χ3n) is 3.70. The summed E-state index contributed by atoms with van der Waals surface area (Å²) < 4.78 is 0. The van der Waals surface area contributed by atoms with Gasteiger partial charge in [-0.05, 0) is 42.9 Å². The maximum atomic E-state index is 12.2. The number of amides is 1. The molecule has 0 unspecified atom stereocenters. The van der Waals surface area contributed by atoms with Crippen LogP contribution in [0.3, 0.4) is 0 Å². The van der Waals surface area contributed by atoms with Gasteiger partial charge in [-0.2, -0.15) is 0 Å². The van der Waals surface area contributed by atoms with E-state index in [2.05, 4.69) is 5.32 Å². The molecule has 1 amide bonds. The Kier molecular flexibility index (Phi) is 5.55. The molecule has 0 saturated carbocycles. The zero-order valence-electron chi connectivity index (χ0n) is 12.9. The first-order valence-corrected chi connectivity index (χ1v) is 7.42. The van der Waals surface area contributed by atoms with Crippen molar-refractivity contribution in [3.05, 3.63) is 60.2 Å². The average Bonchev–Trinajstić information content (AvgIpc) is 2.54. The van der Waals surface area contributed by atoms with Crippen molar-refractivity contribution in [3.63, 3.8) is 0 Å². The summed E-state index contributed by atoms with van der Waals surface area (Å²) in [5.74, 6) is -0.453. The molecule has 4 N–H and O–H groups in total. The van der Waals surface area contributed by atoms with E-state index in [-0.39, 0.29) is 6.42 Å². The molecule has 23 heavy (non-hydrogen) atoms. The summed E-state index contributed by atoms with van der Waals surface area (Å²) in [6.07, 6.45) is 0.754.